The lowest BCUT2D eigenvalue weighted by Crippen LogP contribution is -3.05. The molecule has 1 heterocycles. The zero-order chi connectivity index (χ0) is 12.1. The quantitative estimate of drug-likeness (QED) is 0.584. The fourth-order valence-electron chi connectivity index (χ4n) is 1.39. The summed E-state index contributed by atoms with van der Waals surface area (Å²) in [5, 5.41) is 0.588. The highest BCUT2D eigenvalue weighted by atomic mass is 16.7. The topological polar surface area (TPSA) is 68.1 Å². The van der Waals surface area contributed by atoms with E-state index in [2.05, 4.69) is 0 Å². The third kappa shape index (κ3) is 3.62. The van der Waals surface area contributed by atoms with Crippen molar-refractivity contribution < 1.29 is 24.1 Å². The molecule has 0 radical (unpaired) electrons. The van der Waals surface area contributed by atoms with E-state index in [-0.39, 0.29) is 19.3 Å². The largest absolute Gasteiger partial charge is 0.340 e. The molecule has 0 saturated carbocycles. The van der Waals surface area contributed by atoms with E-state index >= 15 is 0 Å². The average molecular weight is 229 g/mol. The van der Waals surface area contributed by atoms with Gasteiger partial charge in [0.05, 0.1) is 27.1 Å². The third-order valence-electron chi connectivity index (χ3n) is 2.26. The highest BCUT2D eigenvalue weighted by Crippen LogP contribution is 2.12. The predicted octanol–water partition coefficient (Wildman–Crippen LogP) is -1.48. The number of hydrogen-bond donors (Lipinski definition) is 1. The molecule has 0 aliphatic carbocycles. The molecule has 6 nitrogen and oxygen atoms in total. The van der Waals surface area contributed by atoms with Crippen molar-refractivity contribution in [1.29, 1.82) is 0 Å². The lowest BCUT2D eigenvalue weighted by Gasteiger charge is -2.12. The first kappa shape index (κ1) is 12.6. The Hall–Kier alpha value is -1.43. The number of hydrogen-bond acceptors (Lipinski definition) is 4. The van der Waals surface area contributed by atoms with Crippen molar-refractivity contribution in [2.45, 2.75) is 25.7 Å². The molecule has 1 aliphatic rings. The molecule has 1 fully saturated rings. The van der Waals surface area contributed by atoms with Crippen LogP contribution in [0.4, 0.5) is 0 Å². The molecule has 1 N–H and O–H groups in total. The van der Waals surface area contributed by atoms with Crippen LogP contribution in [0.25, 0.3) is 0 Å². The molecule has 16 heavy (non-hydrogen) atoms. The van der Waals surface area contributed by atoms with E-state index in [1.54, 1.807) is 0 Å². The number of rotatable bonds is 5. The van der Waals surface area contributed by atoms with E-state index in [0.717, 1.165) is 6.54 Å². The number of carbonyl (C=O) groups is 3. The van der Waals surface area contributed by atoms with Crippen molar-refractivity contribution in [3.05, 3.63) is 0 Å². The molecule has 1 saturated heterocycles. The summed E-state index contributed by atoms with van der Waals surface area (Å²) in [7, 11) is 3.97. The van der Waals surface area contributed by atoms with Gasteiger partial charge in [0.25, 0.3) is 11.8 Å². The third-order valence-corrected chi connectivity index (χ3v) is 2.26. The van der Waals surface area contributed by atoms with Gasteiger partial charge < -0.3 is 9.74 Å². The minimum absolute atomic E-state index is 0.133. The smallest absolute Gasteiger partial charge is 0.333 e. The summed E-state index contributed by atoms with van der Waals surface area (Å²) in [5.74, 6) is -1.39. The maximum atomic E-state index is 11.3. The van der Waals surface area contributed by atoms with Gasteiger partial charge >= 0.3 is 5.97 Å². The average Bonchev–Trinajstić information content (AvgIpc) is 2.49. The Morgan fingerprint density at radius 1 is 1.31 bits per heavy atom. The van der Waals surface area contributed by atoms with Crippen LogP contribution in [0.2, 0.25) is 0 Å². The van der Waals surface area contributed by atoms with Crippen LogP contribution in [0.5, 0.6) is 0 Å². The second kappa shape index (κ2) is 5.60. The van der Waals surface area contributed by atoms with Gasteiger partial charge in [-0.2, -0.15) is 0 Å². The van der Waals surface area contributed by atoms with Gasteiger partial charge in [-0.1, -0.05) is 0 Å². The van der Waals surface area contributed by atoms with Crippen LogP contribution in [0.15, 0.2) is 0 Å². The van der Waals surface area contributed by atoms with E-state index in [4.69, 9.17) is 4.84 Å². The number of carbonyl (C=O) groups excluding carboxylic acids is 3. The molecule has 6 heteroatoms. The maximum Gasteiger partial charge on any atom is 0.333 e. The summed E-state index contributed by atoms with van der Waals surface area (Å²) in [6, 6.07) is 0. The molecule has 1 aliphatic heterocycles. The zero-order valence-corrected chi connectivity index (χ0v) is 9.62. The minimum atomic E-state index is -0.523. The Kier molecular flexibility index (Phi) is 4.42. The number of nitrogens with zero attached hydrogens (tertiary/aromatic N) is 1. The van der Waals surface area contributed by atoms with Crippen LogP contribution in [0.1, 0.15) is 25.7 Å². The van der Waals surface area contributed by atoms with Gasteiger partial charge in [0.15, 0.2) is 0 Å². The fraction of sp³-hybridized carbons (Fsp3) is 0.700. The van der Waals surface area contributed by atoms with Crippen molar-refractivity contribution in [3.8, 4) is 0 Å². The fourth-order valence-corrected chi connectivity index (χ4v) is 1.39. The van der Waals surface area contributed by atoms with Crippen LogP contribution >= 0.6 is 0 Å². The summed E-state index contributed by atoms with van der Waals surface area (Å²) >= 11 is 0. The first-order valence-corrected chi connectivity index (χ1v) is 5.36. The number of hydroxylamine groups is 2. The number of quaternary nitrogens is 1. The molecule has 0 aromatic rings. The first-order chi connectivity index (χ1) is 7.50. The second-order valence-electron chi connectivity index (χ2n) is 4.11. The number of nitrogens with one attached hydrogen (secondary N) is 1. The SMILES string of the molecule is C[NH+](C)CCCC(=O)ON1C(=O)CCC1=O. The van der Waals surface area contributed by atoms with E-state index in [1.807, 2.05) is 14.1 Å². The Morgan fingerprint density at radius 3 is 2.38 bits per heavy atom. The molecular weight excluding hydrogens is 212 g/mol. The maximum absolute atomic E-state index is 11.3. The standard InChI is InChI=1S/C10H16N2O4/c1-11(2)7-3-4-10(15)16-12-8(13)5-6-9(12)14/h3-7H2,1-2H3/p+1. The molecule has 90 valence electrons. The van der Waals surface area contributed by atoms with E-state index < -0.39 is 17.8 Å². The van der Waals surface area contributed by atoms with Gasteiger partial charge in [-0.25, -0.2) is 4.79 Å². The molecule has 0 bridgehead atoms. The van der Waals surface area contributed by atoms with Crippen LogP contribution in [-0.4, -0.2) is 43.5 Å². The van der Waals surface area contributed by atoms with Crippen LogP contribution in [0.3, 0.4) is 0 Å². The van der Waals surface area contributed by atoms with Gasteiger partial charge in [-0.15, -0.1) is 5.06 Å². The minimum Gasteiger partial charge on any atom is -0.340 e. The Balaban J connectivity index is 2.28. The van der Waals surface area contributed by atoms with E-state index in [0.29, 0.717) is 11.5 Å². The highest BCUT2D eigenvalue weighted by molar-refractivity contribution is 6.01. The van der Waals surface area contributed by atoms with Gasteiger partial charge in [0.2, 0.25) is 0 Å². The zero-order valence-electron chi connectivity index (χ0n) is 9.62. The van der Waals surface area contributed by atoms with Gasteiger partial charge in [-0.05, 0) is 0 Å². The lowest BCUT2D eigenvalue weighted by molar-refractivity contribution is -0.858. The van der Waals surface area contributed by atoms with Gasteiger partial charge in [0, 0.05) is 19.3 Å². The number of imide groups is 1. The van der Waals surface area contributed by atoms with Crippen molar-refractivity contribution >= 4 is 17.8 Å². The summed E-state index contributed by atoms with van der Waals surface area (Å²) in [6.07, 6.45) is 1.17. The summed E-state index contributed by atoms with van der Waals surface area (Å²) in [5.41, 5.74) is 0. The van der Waals surface area contributed by atoms with Gasteiger partial charge in [-0.3, -0.25) is 9.59 Å². The number of amides is 2. The van der Waals surface area contributed by atoms with Crippen molar-refractivity contribution in [3.63, 3.8) is 0 Å². The molecule has 0 unspecified atom stereocenters. The van der Waals surface area contributed by atoms with Crippen LogP contribution in [0, 0.1) is 0 Å². The summed E-state index contributed by atoms with van der Waals surface area (Å²) in [4.78, 5) is 39.5. The Bertz CT molecular complexity index is 285. The van der Waals surface area contributed by atoms with Gasteiger partial charge in [0.1, 0.15) is 0 Å². The molecule has 2 amide bonds. The van der Waals surface area contributed by atoms with E-state index in [9.17, 15) is 14.4 Å². The summed E-state index contributed by atoms with van der Waals surface area (Å²) in [6.45, 7) is 0.844. The van der Waals surface area contributed by atoms with Crippen molar-refractivity contribution in [2.75, 3.05) is 20.6 Å². The Morgan fingerprint density at radius 2 is 1.88 bits per heavy atom. The molecule has 1 rings (SSSR count). The normalized spacial score (nSPS) is 16.1. The summed E-state index contributed by atoms with van der Waals surface area (Å²) < 4.78 is 0. The molecule has 0 spiro atoms. The van der Waals surface area contributed by atoms with Crippen LogP contribution < -0.4 is 4.90 Å². The van der Waals surface area contributed by atoms with Crippen molar-refractivity contribution in [1.82, 2.24) is 5.06 Å². The molecular formula is C10H17N2O4+. The predicted molar refractivity (Wildman–Crippen MR) is 54.1 cm³/mol. The molecule has 0 atom stereocenters. The lowest BCUT2D eigenvalue weighted by atomic mass is 10.3. The van der Waals surface area contributed by atoms with E-state index in [1.165, 1.54) is 4.90 Å². The second-order valence-corrected chi connectivity index (χ2v) is 4.11. The van der Waals surface area contributed by atoms with Crippen molar-refractivity contribution in [2.24, 2.45) is 0 Å². The van der Waals surface area contributed by atoms with Crippen LogP contribution in [-0.2, 0) is 19.2 Å². The molecule has 0 aromatic heterocycles. The Labute approximate surface area is 94.1 Å². The highest BCUT2D eigenvalue weighted by Gasteiger charge is 2.32. The monoisotopic (exact) mass is 229 g/mol. The first-order valence-electron chi connectivity index (χ1n) is 5.36. The molecule has 0 aromatic carbocycles.